The van der Waals surface area contributed by atoms with Crippen molar-refractivity contribution in [1.29, 1.82) is 0 Å². The van der Waals surface area contributed by atoms with Crippen LogP contribution < -0.4 is 11.3 Å². The van der Waals surface area contributed by atoms with Crippen LogP contribution in [0.25, 0.3) is 11.0 Å². The van der Waals surface area contributed by atoms with E-state index in [0.29, 0.717) is 0 Å². The van der Waals surface area contributed by atoms with Gasteiger partial charge in [-0.05, 0) is 25.5 Å². The van der Waals surface area contributed by atoms with Crippen LogP contribution in [0.3, 0.4) is 0 Å². The van der Waals surface area contributed by atoms with E-state index in [-0.39, 0.29) is 6.04 Å². The minimum Gasteiger partial charge on any atom is -0.459 e. The third kappa shape index (κ3) is 2.16. The van der Waals surface area contributed by atoms with E-state index in [1.54, 1.807) is 11.3 Å². The van der Waals surface area contributed by atoms with Crippen molar-refractivity contribution < 1.29 is 4.42 Å². The van der Waals surface area contributed by atoms with Crippen molar-refractivity contribution in [2.24, 2.45) is 5.84 Å². The molecule has 3 N–H and O–H groups in total. The summed E-state index contributed by atoms with van der Waals surface area (Å²) in [4.78, 5) is 5.32. The van der Waals surface area contributed by atoms with Crippen LogP contribution in [-0.2, 0) is 0 Å². The molecule has 0 spiro atoms. The smallest absolute Gasteiger partial charge is 0.137 e. The fourth-order valence-corrected chi connectivity index (χ4v) is 3.04. The van der Waals surface area contributed by atoms with E-state index < -0.39 is 0 Å². The molecule has 1 aromatic carbocycles. The number of para-hydroxylation sites is 1. The number of furan rings is 1. The van der Waals surface area contributed by atoms with Gasteiger partial charge in [-0.2, -0.15) is 0 Å². The van der Waals surface area contributed by atoms with Gasteiger partial charge in [0.2, 0.25) is 0 Å². The number of benzene rings is 1. The number of fused-ring (bicyclic) bond motifs is 1. The Balaban J connectivity index is 2.09. The van der Waals surface area contributed by atoms with Crippen LogP contribution in [0.4, 0.5) is 0 Å². The fraction of sp³-hybridized carbons (Fsp3) is 0.214. The lowest BCUT2D eigenvalue weighted by atomic mass is 10.1. The summed E-state index contributed by atoms with van der Waals surface area (Å²) in [6.45, 7) is 4.02. The first-order chi connectivity index (χ1) is 9.19. The van der Waals surface area contributed by atoms with Crippen molar-refractivity contribution in [2.75, 3.05) is 0 Å². The molecule has 98 valence electrons. The van der Waals surface area contributed by atoms with Gasteiger partial charge in [-0.1, -0.05) is 18.2 Å². The van der Waals surface area contributed by atoms with Crippen molar-refractivity contribution in [2.45, 2.75) is 19.9 Å². The number of nitrogens with one attached hydrogen (secondary N) is 1. The lowest BCUT2D eigenvalue weighted by molar-refractivity contribution is 0.480. The van der Waals surface area contributed by atoms with Gasteiger partial charge in [-0.3, -0.25) is 5.84 Å². The Labute approximate surface area is 115 Å². The topological polar surface area (TPSA) is 64.1 Å². The van der Waals surface area contributed by atoms with E-state index in [2.05, 4.69) is 10.4 Å². The van der Waals surface area contributed by atoms with E-state index in [4.69, 9.17) is 10.3 Å². The first-order valence-corrected chi connectivity index (χ1v) is 6.88. The highest BCUT2D eigenvalue weighted by Crippen LogP contribution is 2.31. The second-order valence-electron chi connectivity index (χ2n) is 4.52. The molecule has 19 heavy (non-hydrogen) atoms. The summed E-state index contributed by atoms with van der Waals surface area (Å²) in [6, 6.07) is 7.98. The molecule has 0 aliphatic rings. The highest BCUT2D eigenvalue weighted by Gasteiger charge is 2.19. The molecule has 0 amide bonds. The molecule has 2 aromatic heterocycles. The SMILES string of the molecule is Cc1ncc(C(NN)c2cc3cccc(C)c3o2)s1. The molecule has 0 aliphatic heterocycles. The van der Waals surface area contributed by atoms with Crippen LogP contribution in [-0.4, -0.2) is 4.98 Å². The summed E-state index contributed by atoms with van der Waals surface area (Å²) < 4.78 is 5.95. The van der Waals surface area contributed by atoms with Crippen LogP contribution in [0.15, 0.2) is 34.9 Å². The summed E-state index contributed by atoms with van der Waals surface area (Å²) in [5.74, 6) is 6.49. The Hall–Kier alpha value is -1.69. The number of thiazole rings is 1. The van der Waals surface area contributed by atoms with Gasteiger partial charge in [0.15, 0.2) is 0 Å². The fourth-order valence-electron chi connectivity index (χ4n) is 2.19. The normalized spacial score (nSPS) is 13.0. The average Bonchev–Trinajstić information content (AvgIpc) is 2.98. The first-order valence-electron chi connectivity index (χ1n) is 6.06. The number of aromatic nitrogens is 1. The average molecular weight is 273 g/mol. The maximum absolute atomic E-state index is 5.95. The van der Waals surface area contributed by atoms with E-state index >= 15 is 0 Å². The number of rotatable bonds is 3. The lowest BCUT2D eigenvalue weighted by Crippen LogP contribution is -2.27. The number of hydrogen-bond acceptors (Lipinski definition) is 5. The molecular weight excluding hydrogens is 258 g/mol. The Kier molecular flexibility index (Phi) is 3.10. The van der Waals surface area contributed by atoms with Crippen LogP contribution in [0.5, 0.6) is 0 Å². The standard InChI is InChI=1S/C14H15N3OS/c1-8-4-3-5-10-6-11(18-14(8)10)13(17-15)12-7-16-9(2)19-12/h3-7,13,17H,15H2,1-2H3. The van der Waals surface area contributed by atoms with E-state index in [1.807, 2.05) is 44.3 Å². The van der Waals surface area contributed by atoms with Gasteiger partial charge in [0.05, 0.1) is 9.88 Å². The van der Waals surface area contributed by atoms with Crippen molar-refractivity contribution in [3.8, 4) is 0 Å². The van der Waals surface area contributed by atoms with E-state index in [0.717, 1.165) is 32.2 Å². The van der Waals surface area contributed by atoms with Crippen molar-refractivity contribution in [1.82, 2.24) is 10.4 Å². The van der Waals surface area contributed by atoms with Crippen molar-refractivity contribution in [3.05, 3.63) is 51.7 Å². The Morgan fingerprint density at radius 1 is 1.37 bits per heavy atom. The molecule has 0 radical (unpaired) electrons. The lowest BCUT2D eigenvalue weighted by Gasteiger charge is -2.10. The molecule has 0 saturated carbocycles. The summed E-state index contributed by atoms with van der Waals surface area (Å²) in [6.07, 6.45) is 1.84. The number of nitrogens with two attached hydrogens (primary N) is 1. The number of hydrogen-bond donors (Lipinski definition) is 2. The zero-order valence-electron chi connectivity index (χ0n) is 10.8. The molecule has 0 bridgehead atoms. The predicted molar refractivity (Wildman–Crippen MR) is 77.0 cm³/mol. The molecule has 0 aliphatic carbocycles. The third-order valence-electron chi connectivity index (χ3n) is 3.13. The maximum atomic E-state index is 5.95. The number of aryl methyl sites for hydroxylation is 2. The third-order valence-corrected chi connectivity index (χ3v) is 4.11. The monoisotopic (exact) mass is 273 g/mol. The Bertz CT molecular complexity index is 716. The first kappa shape index (κ1) is 12.3. The molecule has 1 unspecified atom stereocenters. The molecule has 2 heterocycles. The Morgan fingerprint density at radius 2 is 2.21 bits per heavy atom. The molecule has 1 atom stereocenters. The van der Waals surface area contributed by atoms with E-state index in [1.165, 1.54) is 0 Å². The van der Waals surface area contributed by atoms with Gasteiger partial charge in [-0.25, -0.2) is 10.4 Å². The number of nitrogens with zero attached hydrogens (tertiary/aromatic N) is 1. The highest BCUT2D eigenvalue weighted by molar-refractivity contribution is 7.11. The summed E-state index contributed by atoms with van der Waals surface area (Å²) in [5, 5.41) is 2.11. The predicted octanol–water partition coefficient (Wildman–Crippen LogP) is 3.06. The van der Waals surface area contributed by atoms with Crippen LogP contribution in [0.1, 0.15) is 27.3 Å². The van der Waals surface area contributed by atoms with Crippen LogP contribution >= 0.6 is 11.3 Å². The minimum absolute atomic E-state index is 0.155. The van der Waals surface area contributed by atoms with Gasteiger partial charge in [0, 0.05) is 11.6 Å². The van der Waals surface area contributed by atoms with Gasteiger partial charge in [0.1, 0.15) is 17.4 Å². The molecule has 5 heteroatoms. The zero-order chi connectivity index (χ0) is 13.4. The summed E-state index contributed by atoms with van der Waals surface area (Å²) in [7, 11) is 0. The molecule has 0 fully saturated rings. The number of hydrazine groups is 1. The second kappa shape index (κ2) is 4.77. The maximum Gasteiger partial charge on any atom is 0.137 e. The molecule has 3 aromatic rings. The quantitative estimate of drug-likeness (QED) is 0.568. The van der Waals surface area contributed by atoms with Gasteiger partial charge in [-0.15, -0.1) is 11.3 Å². The van der Waals surface area contributed by atoms with Gasteiger partial charge in [0.25, 0.3) is 0 Å². The van der Waals surface area contributed by atoms with Crippen molar-refractivity contribution in [3.63, 3.8) is 0 Å². The molecular formula is C14H15N3OS. The molecule has 4 nitrogen and oxygen atoms in total. The molecule has 3 rings (SSSR count). The Morgan fingerprint density at radius 3 is 2.84 bits per heavy atom. The van der Waals surface area contributed by atoms with E-state index in [9.17, 15) is 0 Å². The van der Waals surface area contributed by atoms with Gasteiger partial charge >= 0.3 is 0 Å². The van der Waals surface area contributed by atoms with Crippen LogP contribution in [0, 0.1) is 13.8 Å². The largest absolute Gasteiger partial charge is 0.459 e. The highest BCUT2D eigenvalue weighted by atomic mass is 32.1. The summed E-state index contributed by atoms with van der Waals surface area (Å²) >= 11 is 1.62. The van der Waals surface area contributed by atoms with Gasteiger partial charge < -0.3 is 4.42 Å². The van der Waals surface area contributed by atoms with Crippen molar-refractivity contribution >= 4 is 22.3 Å². The van der Waals surface area contributed by atoms with Crippen LogP contribution in [0.2, 0.25) is 0 Å². The summed E-state index contributed by atoms with van der Waals surface area (Å²) in [5.41, 5.74) is 4.85. The zero-order valence-corrected chi connectivity index (χ0v) is 11.6. The second-order valence-corrected chi connectivity index (χ2v) is 5.79. The minimum atomic E-state index is -0.155. The molecule has 0 saturated heterocycles.